The molecule has 62 heavy (non-hydrogen) atoms. The average Bonchev–Trinajstić information content (AvgIpc) is 3.72. The third-order valence-corrected chi connectivity index (χ3v) is 14.5. The molecule has 2 aliphatic heterocycles. The number of sulfonamides is 1. The number of ether oxygens (including phenoxy) is 3. The molecular weight excluding hydrogens is 852 g/mol. The van der Waals surface area contributed by atoms with Crippen molar-refractivity contribution in [2.45, 2.75) is 55.7 Å². The Kier molecular flexibility index (Phi) is 12.7. The third-order valence-electron chi connectivity index (χ3n) is 11.9. The van der Waals surface area contributed by atoms with E-state index < -0.39 is 35.6 Å². The summed E-state index contributed by atoms with van der Waals surface area (Å²) in [5.41, 5.74) is 5.72. The lowest BCUT2D eigenvalue weighted by Gasteiger charge is -2.39. The number of hydrogen-bond donors (Lipinski definition) is 2. The first-order valence-electron chi connectivity index (χ1n) is 20.8. The van der Waals surface area contributed by atoms with Gasteiger partial charge >= 0.3 is 0 Å². The molecular formula is C45H51ClN6O8S2. The minimum Gasteiger partial charge on any atom is -0.476 e. The molecule has 0 unspecified atom stereocenters. The first-order chi connectivity index (χ1) is 29.6. The van der Waals surface area contributed by atoms with Crippen LogP contribution in [0.2, 0.25) is 5.02 Å². The number of nitrogens with zero attached hydrogens (tertiary/aromatic N) is 4. The van der Waals surface area contributed by atoms with E-state index in [2.05, 4.69) is 55.5 Å². The number of aromatic nitrogens is 3. The summed E-state index contributed by atoms with van der Waals surface area (Å²) < 4.78 is 72.7. The molecule has 2 saturated heterocycles. The normalized spacial score (nSPS) is 17.9. The number of amides is 1. The monoisotopic (exact) mass is 902 g/mol. The maximum absolute atomic E-state index is 14.0. The van der Waals surface area contributed by atoms with Gasteiger partial charge in [0.2, 0.25) is 5.88 Å². The van der Waals surface area contributed by atoms with Crippen LogP contribution in [0.4, 0.5) is 5.69 Å². The highest BCUT2D eigenvalue weighted by atomic mass is 35.5. The van der Waals surface area contributed by atoms with Gasteiger partial charge in [-0.2, -0.15) is 0 Å². The van der Waals surface area contributed by atoms with E-state index in [1.807, 2.05) is 18.2 Å². The number of rotatable bonds is 13. The fraction of sp³-hybridized carbons (Fsp3) is 0.400. The van der Waals surface area contributed by atoms with E-state index in [9.17, 15) is 21.6 Å². The SMILES string of the molecule is CC1(C)CCC(CN2CCN(c3ccc(C(=O)NS(=O)(=O)c4cnc(OCC5CCOCC5)c(S(C)(=O)=O)c4)c(Oc4cnc5[nH]ccc5c4)c3)CC2)=C(c2ccc(Cl)cc2)C1. The van der Waals surface area contributed by atoms with Gasteiger partial charge in [-0.15, -0.1) is 0 Å². The first kappa shape index (κ1) is 43.6. The highest BCUT2D eigenvalue weighted by Crippen LogP contribution is 2.43. The van der Waals surface area contributed by atoms with Crippen LogP contribution in [-0.4, -0.2) is 101 Å². The standard InChI is InChI=1S/C45H51ClN6O8S2/c1-45(2)14-10-33(39(25-45)31-4-6-34(46)7-5-31)28-51-16-18-52(19-17-51)35-8-9-38(40(23-35)60-36-22-32-11-15-47-42(32)48-26-36)43(53)50-62(56,57)37-24-41(61(3,54)55)44(49-27-37)59-29-30-12-20-58-21-13-30/h4-9,11,15,22-24,26-27,30H,10,12-14,16-21,25,28-29H2,1-3H3,(H,47,48)(H,50,53). The van der Waals surface area contributed by atoms with E-state index >= 15 is 0 Å². The summed E-state index contributed by atoms with van der Waals surface area (Å²) in [4.78, 5) is 29.3. The van der Waals surface area contributed by atoms with Crippen LogP contribution in [0.25, 0.3) is 16.6 Å². The Balaban J connectivity index is 1.01. The molecule has 5 heterocycles. The van der Waals surface area contributed by atoms with E-state index in [0.29, 0.717) is 24.6 Å². The lowest BCUT2D eigenvalue weighted by Crippen LogP contribution is -2.47. The van der Waals surface area contributed by atoms with Crippen molar-refractivity contribution in [2.24, 2.45) is 11.3 Å². The number of pyridine rings is 2. The van der Waals surface area contributed by atoms with Crippen molar-refractivity contribution >= 4 is 59.7 Å². The minimum atomic E-state index is -4.63. The number of fused-ring (bicyclic) bond motifs is 1. The van der Waals surface area contributed by atoms with Gasteiger partial charge in [0.25, 0.3) is 15.9 Å². The number of benzene rings is 2. The lowest BCUT2D eigenvalue weighted by atomic mass is 9.72. The van der Waals surface area contributed by atoms with Crippen molar-refractivity contribution in [3.8, 4) is 17.4 Å². The number of piperazine rings is 1. The van der Waals surface area contributed by atoms with Gasteiger partial charge in [0, 0.05) is 80.6 Å². The van der Waals surface area contributed by atoms with Crippen LogP contribution in [0.5, 0.6) is 17.4 Å². The van der Waals surface area contributed by atoms with Crippen molar-refractivity contribution in [3.05, 3.63) is 101 Å². The maximum atomic E-state index is 14.0. The molecule has 0 atom stereocenters. The predicted molar refractivity (Wildman–Crippen MR) is 238 cm³/mol. The van der Waals surface area contributed by atoms with Gasteiger partial charge in [0.1, 0.15) is 26.9 Å². The van der Waals surface area contributed by atoms with Crippen molar-refractivity contribution in [1.29, 1.82) is 0 Å². The highest BCUT2D eigenvalue weighted by Gasteiger charge is 2.31. The van der Waals surface area contributed by atoms with Crippen LogP contribution in [0.1, 0.15) is 61.9 Å². The number of sulfone groups is 1. The van der Waals surface area contributed by atoms with Crippen LogP contribution in [0, 0.1) is 11.3 Å². The van der Waals surface area contributed by atoms with Gasteiger partial charge in [0.05, 0.1) is 24.6 Å². The molecule has 328 valence electrons. The zero-order valence-electron chi connectivity index (χ0n) is 35.0. The maximum Gasteiger partial charge on any atom is 0.268 e. The third kappa shape index (κ3) is 10.3. The number of nitrogens with one attached hydrogen (secondary N) is 2. The minimum absolute atomic E-state index is 0.0558. The molecule has 0 saturated carbocycles. The van der Waals surface area contributed by atoms with Crippen molar-refractivity contribution in [3.63, 3.8) is 0 Å². The second-order valence-electron chi connectivity index (χ2n) is 17.1. The van der Waals surface area contributed by atoms with E-state index in [-0.39, 0.29) is 35.1 Å². The van der Waals surface area contributed by atoms with Gasteiger partial charge in [-0.3, -0.25) is 9.69 Å². The van der Waals surface area contributed by atoms with Crippen LogP contribution >= 0.6 is 11.6 Å². The van der Waals surface area contributed by atoms with E-state index in [1.54, 1.807) is 24.4 Å². The fourth-order valence-corrected chi connectivity index (χ4v) is 10.2. The van der Waals surface area contributed by atoms with Crippen molar-refractivity contribution in [1.82, 2.24) is 24.6 Å². The highest BCUT2D eigenvalue weighted by molar-refractivity contribution is 7.91. The molecule has 0 spiro atoms. The van der Waals surface area contributed by atoms with E-state index in [4.69, 9.17) is 25.8 Å². The van der Waals surface area contributed by atoms with Crippen LogP contribution in [0.15, 0.2) is 94.6 Å². The Morgan fingerprint density at radius 3 is 2.47 bits per heavy atom. The number of aromatic amines is 1. The molecule has 0 bridgehead atoms. The molecule has 3 aromatic heterocycles. The summed E-state index contributed by atoms with van der Waals surface area (Å²) in [5.74, 6) is -0.588. The molecule has 14 nitrogen and oxygen atoms in total. The Labute approximate surface area is 367 Å². The molecule has 5 aromatic rings. The summed E-state index contributed by atoms with van der Waals surface area (Å²) in [5, 5.41) is 1.51. The second-order valence-corrected chi connectivity index (χ2v) is 21.2. The van der Waals surface area contributed by atoms with E-state index in [0.717, 1.165) is 99.4 Å². The van der Waals surface area contributed by atoms with Gasteiger partial charge < -0.3 is 24.1 Å². The number of halogens is 1. The second kappa shape index (κ2) is 18.0. The lowest BCUT2D eigenvalue weighted by molar-refractivity contribution is 0.0485. The summed E-state index contributed by atoms with van der Waals surface area (Å²) in [6, 6.07) is 17.8. The fourth-order valence-electron chi connectivity index (χ4n) is 8.26. The Morgan fingerprint density at radius 2 is 1.73 bits per heavy atom. The number of carbonyl (C=O) groups excluding carboxylic acids is 1. The molecule has 1 amide bonds. The summed E-state index contributed by atoms with van der Waals surface area (Å²) in [6.45, 7) is 9.96. The zero-order valence-corrected chi connectivity index (χ0v) is 37.4. The van der Waals surface area contributed by atoms with Crippen molar-refractivity contribution < 1.29 is 35.8 Å². The van der Waals surface area contributed by atoms with Crippen LogP contribution in [-0.2, 0) is 24.6 Å². The van der Waals surface area contributed by atoms with Crippen LogP contribution < -0.4 is 19.1 Å². The molecule has 0 radical (unpaired) electrons. The van der Waals surface area contributed by atoms with Gasteiger partial charge in [-0.05, 0) is 97.0 Å². The quantitative estimate of drug-likeness (QED) is 0.119. The zero-order chi connectivity index (χ0) is 43.6. The van der Waals surface area contributed by atoms with Crippen LogP contribution in [0.3, 0.4) is 0 Å². The van der Waals surface area contributed by atoms with Gasteiger partial charge in [0.15, 0.2) is 9.84 Å². The molecule has 3 aliphatic rings. The van der Waals surface area contributed by atoms with E-state index in [1.165, 1.54) is 29.0 Å². The summed E-state index contributed by atoms with van der Waals surface area (Å²) in [6.07, 6.45) is 9.88. The largest absolute Gasteiger partial charge is 0.476 e. The van der Waals surface area contributed by atoms with Gasteiger partial charge in [-0.25, -0.2) is 31.5 Å². The topological polar surface area (TPSA) is 173 Å². The Hall–Kier alpha value is -5.00. The molecule has 2 fully saturated rings. The predicted octanol–water partition coefficient (Wildman–Crippen LogP) is 7.52. The summed E-state index contributed by atoms with van der Waals surface area (Å²) >= 11 is 6.24. The smallest absolute Gasteiger partial charge is 0.268 e. The molecule has 2 N–H and O–H groups in total. The Bertz CT molecular complexity index is 2710. The van der Waals surface area contributed by atoms with Crippen molar-refractivity contribution in [2.75, 3.05) is 63.7 Å². The average molecular weight is 904 g/mol. The number of hydrogen-bond acceptors (Lipinski definition) is 12. The molecule has 8 rings (SSSR count). The van der Waals surface area contributed by atoms with Gasteiger partial charge in [-0.1, -0.05) is 43.2 Å². The number of allylic oxidation sites excluding steroid dienone is 1. The first-order valence-corrected chi connectivity index (χ1v) is 24.5. The number of anilines is 1. The number of carbonyl (C=O) groups is 1. The molecule has 2 aromatic carbocycles. The molecule has 17 heteroatoms. The Morgan fingerprint density at radius 1 is 0.968 bits per heavy atom. The molecule has 1 aliphatic carbocycles. The summed E-state index contributed by atoms with van der Waals surface area (Å²) in [7, 11) is -8.61. The number of H-pyrrole nitrogens is 1.